The predicted octanol–water partition coefficient (Wildman–Crippen LogP) is 2.45. The second kappa shape index (κ2) is 6.28. The number of carbonyl (C=O) groups is 1. The van der Waals surface area contributed by atoms with Gasteiger partial charge in [0.05, 0.1) is 10.8 Å². The summed E-state index contributed by atoms with van der Waals surface area (Å²) in [6.45, 7) is 5.47. The van der Waals surface area contributed by atoms with E-state index in [0.29, 0.717) is 16.0 Å². The Hall–Kier alpha value is -1.23. The largest absolute Gasteiger partial charge is 0.348 e. The number of nitrogens with zero attached hydrogens (tertiary/aromatic N) is 1. The van der Waals surface area contributed by atoms with Crippen molar-refractivity contribution in [1.29, 1.82) is 0 Å². The molecule has 0 bridgehead atoms. The molecule has 0 fully saturated rings. The molecule has 0 N–H and O–H groups in total. The Bertz CT molecular complexity index is 512. The molecule has 0 aliphatic heterocycles. The molecule has 1 aromatic carbocycles. The summed E-state index contributed by atoms with van der Waals surface area (Å²) in [5, 5.41) is 0. The SMILES string of the molecule is Cc1cc(F)c(C(C)C)cc1S(=O)CC(=O)N(C)C. The molecular formula is C14H20FNO2S. The molecule has 1 rings (SSSR count). The van der Waals surface area contributed by atoms with Crippen LogP contribution in [-0.4, -0.2) is 34.9 Å². The van der Waals surface area contributed by atoms with Gasteiger partial charge in [0.1, 0.15) is 11.6 Å². The maximum Gasteiger partial charge on any atom is 0.235 e. The van der Waals surface area contributed by atoms with Gasteiger partial charge in [0.2, 0.25) is 5.91 Å². The van der Waals surface area contributed by atoms with E-state index in [0.717, 1.165) is 0 Å². The molecule has 1 aromatic rings. The minimum absolute atomic E-state index is 0.0147. The third-order valence-electron chi connectivity index (χ3n) is 2.91. The van der Waals surface area contributed by atoms with Gasteiger partial charge >= 0.3 is 0 Å². The quantitative estimate of drug-likeness (QED) is 0.852. The van der Waals surface area contributed by atoms with E-state index in [1.165, 1.54) is 11.0 Å². The second-order valence-corrected chi connectivity index (χ2v) is 6.49. The van der Waals surface area contributed by atoms with Crippen molar-refractivity contribution >= 4 is 16.7 Å². The molecule has 3 nitrogen and oxygen atoms in total. The van der Waals surface area contributed by atoms with Gasteiger partial charge in [-0.25, -0.2) is 4.39 Å². The Morgan fingerprint density at radius 1 is 1.37 bits per heavy atom. The molecule has 0 heterocycles. The number of halogens is 1. The molecule has 106 valence electrons. The summed E-state index contributed by atoms with van der Waals surface area (Å²) in [6.07, 6.45) is 0. The Balaban J connectivity index is 3.10. The van der Waals surface area contributed by atoms with E-state index in [9.17, 15) is 13.4 Å². The van der Waals surface area contributed by atoms with Crippen LogP contribution >= 0.6 is 0 Å². The van der Waals surface area contributed by atoms with Crippen LogP contribution in [0, 0.1) is 12.7 Å². The summed E-state index contributed by atoms with van der Waals surface area (Å²) >= 11 is 0. The lowest BCUT2D eigenvalue weighted by Gasteiger charge is -2.14. The summed E-state index contributed by atoms with van der Waals surface area (Å²) in [5.74, 6) is -0.543. The normalized spacial score (nSPS) is 12.6. The zero-order valence-electron chi connectivity index (χ0n) is 12.0. The standard InChI is InChI=1S/C14H20FNO2S/c1-9(2)11-7-13(10(3)6-12(11)15)19(18)8-14(17)16(4)5/h6-7,9H,8H2,1-5H3. The third kappa shape index (κ3) is 3.86. The molecule has 5 heteroatoms. The molecule has 0 saturated heterocycles. The highest BCUT2D eigenvalue weighted by Crippen LogP contribution is 2.24. The zero-order valence-corrected chi connectivity index (χ0v) is 12.8. The molecule has 0 aliphatic carbocycles. The molecule has 1 amide bonds. The van der Waals surface area contributed by atoms with Crippen molar-refractivity contribution in [1.82, 2.24) is 4.90 Å². The van der Waals surface area contributed by atoms with Gasteiger partial charge in [-0.3, -0.25) is 9.00 Å². The fourth-order valence-corrected chi connectivity index (χ4v) is 2.99. The van der Waals surface area contributed by atoms with E-state index < -0.39 is 10.8 Å². The van der Waals surface area contributed by atoms with Crippen LogP contribution in [-0.2, 0) is 15.6 Å². The van der Waals surface area contributed by atoms with E-state index in [1.54, 1.807) is 27.1 Å². The first kappa shape index (κ1) is 15.8. The van der Waals surface area contributed by atoms with Crippen LogP contribution in [0.2, 0.25) is 0 Å². The Morgan fingerprint density at radius 2 is 1.95 bits per heavy atom. The molecule has 19 heavy (non-hydrogen) atoms. The zero-order chi connectivity index (χ0) is 14.7. The minimum Gasteiger partial charge on any atom is -0.348 e. The van der Waals surface area contributed by atoms with Crippen LogP contribution in [0.15, 0.2) is 17.0 Å². The lowest BCUT2D eigenvalue weighted by atomic mass is 10.0. The van der Waals surface area contributed by atoms with Gasteiger partial charge in [0.15, 0.2) is 0 Å². The summed E-state index contributed by atoms with van der Waals surface area (Å²) in [4.78, 5) is 13.5. The van der Waals surface area contributed by atoms with Gasteiger partial charge in [0.25, 0.3) is 0 Å². The van der Waals surface area contributed by atoms with E-state index in [2.05, 4.69) is 0 Å². The molecule has 0 aliphatic rings. The molecular weight excluding hydrogens is 265 g/mol. The average molecular weight is 285 g/mol. The first-order valence-electron chi connectivity index (χ1n) is 6.12. The first-order valence-corrected chi connectivity index (χ1v) is 7.44. The Kier molecular flexibility index (Phi) is 5.23. The molecule has 1 unspecified atom stereocenters. The van der Waals surface area contributed by atoms with Gasteiger partial charge in [-0.05, 0) is 36.1 Å². The van der Waals surface area contributed by atoms with Crippen molar-refractivity contribution < 1.29 is 13.4 Å². The van der Waals surface area contributed by atoms with Gasteiger partial charge in [-0.1, -0.05) is 13.8 Å². The van der Waals surface area contributed by atoms with Crippen molar-refractivity contribution in [2.24, 2.45) is 0 Å². The highest BCUT2D eigenvalue weighted by molar-refractivity contribution is 7.85. The lowest BCUT2D eigenvalue weighted by molar-refractivity contribution is -0.125. The third-order valence-corrected chi connectivity index (χ3v) is 4.35. The molecule has 0 radical (unpaired) electrons. The van der Waals surface area contributed by atoms with Gasteiger partial charge in [-0.15, -0.1) is 0 Å². The number of amides is 1. The summed E-state index contributed by atoms with van der Waals surface area (Å²) in [5.41, 5.74) is 1.15. The van der Waals surface area contributed by atoms with Crippen LogP contribution in [0.3, 0.4) is 0 Å². The topological polar surface area (TPSA) is 37.4 Å². The van der Waals surface area contributed by atoms with Gasteiger partial charge < -0.3 is 4.90 Å². The minimum atomic E-state index is -1.44. The van der Waals surface area contributed by atoms with Crippen LogP contribution < -0.4 is 0 Å². The van der Waals surface area contributed by atoms with Gasteiger partial charge in [0, 0.05) is 19.0 Å². The van der Waals surface area contributed by atoms with Crippen molar-refractivity contribution in [3.8, 4) is 0 Å². The summed E-state index contributed by atoms with van der Waals surface area (Å²) in [6, 6.07) is 3.01. The average Bonchev–Trinajstić information content (AvgIpc) is 2.27. The summed E-state index contributed by atoms with van der Waals surface area (Å²) < 4.78 is 26.0. The smallest absolute Gasteiger partial charge is 0.235 e. The summed E-state index contributed by atoms with van der Waals surface area (Å²) in [7, 11) is 1.80. The van der Waals surface area contributed by atoms with E-state index in [1.807, 2.05) is 13.8 Å². The fraction of sp³-hybridized carbons (Fsp3) is 0.500. The van der Waals surface area contributed by atoms with Crippen molar-refractivity contribution in [3.63, 3.8) is 0 Å². The highest BCUT2D eigenvalue weighted by atomic mass is 32.2. The van der Waals surface area contributed by atoms with Crippen LogP contribution in [0.4, 0.5) is 4.39 Å². The van der Waals surface area contributed by atoms with Crippen LogP contribution in [0.5, 0.6) is 0 Å². The highest BCUT2D eigenvalue weighted by Gasteiger charge is 2.17. The number of benzene rings is 1. The second-order valence-electron chi connectivity index (χ2n) is 5.07. The van der Waals surface area contributed by atoms with Crippen LogP contribution in [0.25, 0.3) is 0 Å². The van der Waals surface area contributed by atoms with E-state index >= 15 is 0 Å². The van der Waals surface area contributed by atoms with Crippen molar-refractivity contribution in [2.45, 2.75) is 31.6 Å². The van der Waals surface area contributed by atoms with Crippen LogP contribution in [0.1, 0.15) is 30.9 Å². The van der Waals surface area contributed by atoms with Crippen molar-refractivity contribution in [2.75, 3.05) is 19.8 Å². The first-order chi connectivity index (χ1) is 8.73. The monoisotopic (exact) mass is 285 g/mol. The van der Waals surface area contributed by atoms with Gasteiger partial charge in [-0.2, -0.15) is 0 Å². The number of aryl methyl sites for hydroxylation is 1. The number of rotatable bonds is 4. The van der Waals surface area contributed by atoms with Crippen molar-refractivity contribution in [3.05, 3.63) is 29.1 Å². The number of hydrogen-bond donors (Lipinski definition) is 0. The Morgan fingerprint density at radius 3 is 2.42 bits per heavy atom. The maximum atomic E-state index is 13.8. The van der Waals surface area contributed by atoms with E-state index in [4.69, 9.17) is 0 Å². The number of hydrogen-bond acceptors (Lipinski definition) is 2. The maximum absolute atomic E-state index is 13.8. The molecule has 0 saturated carbocycles. The Labute approximate surface area is 116 Å². The fourth-order valence-electron chi connectivity index (χ4n) is 1.68. The molecule has 0 aromatic heterocycles. The molecule has 0 spiro atoms. The number of carbonyl (C=O) groups excluding carboxylic acids is 1. The molecule has 1 atom stereocenters. The lowest BCUT2D eigenvalue weighted by Crippen LogP contribution is -2.27. The van der Waals surface area contributed by atoms with E-state index in [-0.39, 0.29) is 23.4 Å². The predicted molar refractivity (Wildman–Crippen MR) is 75.2 cm³/mol.